The maximum Gasteiger partial charge on any atom is 0.340 e. The molecule has 0 saturated carbocycles. The Labute approximate surface area is 151 Å². The van der Waals surface area contributed by atoms with Gasteiger partial charge < -0.3 is 9.47 Å². The average molecular weight is 408 g/mol. The normalized spacial score (nSPS) is 9.80. The fourth-order valence-electron chi connectivity index (χ4n) is 1.59. The predicted octanol–water partition coefficient (Wildman–Crippen LogP) is 1.23. The van der Waals surface area contributed by atoms with E-state index in [1.165, 1.54) is 18.5 Å². The molecule has 1 heterocycles. The van der Waals surface area contributed by atoms with Crippen LogP contribution in [0.25, 0.3) is 0 Å². The molecular formula is C16H14BrN3O5. The van der Waals surface area contributed by atoms with Crippen LogP contribution in [0, 0.1) is 0 Å². The van der Waals surface area contributed by atoms with E-state index in [2.05, 4.69) is 31.8 Å². The third kappa shape index (κ3) is 6.60. The number of hydrazine groups is 1. The van der Waals surface area contributed by atoms with Crippen molar-refractivity contribution >= 4 is 33.7 Å². The third-order valence-electron chi connectivity index (χ3n) is 2.76. The summed E-state index contributed by atoms with van der Waals surface area (Å²) in [5.41, 5.74) is 4.49. The Morgan fingerprint density at radius 1 is 1.00 bits per heavy atom. The second-order valence-corrected chi connectivity index (χ2v) is 5.57. The molecule has 0 bridgehead atoms. The number of hydrogen-bond acceptors (Lipinski definition) is 6. The van der Waals surface area contributed by atoms with E-state index in [0.717, 1.165) is 4.47 Å². The summed E-state index contributed by atoms with van der Waals surface area (Å²) in [6.07, 6.45) is 2.83. The highest BCUT2D eigenvalue weighted by Gasteiger charge is 2.11. The molecule has 2 N–H and O–H groups in total. The van der Waals surface area contributed by atoms with E-state index >= 15 is 0 Å². The summed E-state index contributed by atoms with van der Waals surface area (Å²) in [5.74, 6) is -1.42. The largest absolute Gasteiger partial charge is 0.484 e. The number of halogens is 1. The molecular weight excluding hydrogens is 394 g/mol. The number of carbonyl (C=O) groups excluding carboxylic acids is 3. The van der Waals surface area contributed by atoms with Crippen LogP contribution in [0.1, 0.15) is 10.4 Å². The number of nitrogens with one attached hydrogen (secondary N) is 2. The highest BCUT2D eigenvalue weighted by molar-refractivity contribution is 9.10. The van der Waals surface area contributed by atoms with Crippen molar-refractivity contribution in [3.05, 3.63) is 58.8 Å². The molecule has 0 atom stereocenters. The summed E-state index contributed by atoms with van der Waals surface area (Å²) in [5, 5.41) is 0. The second-order valence-electron chi connectivity index (χ2n) is 4.66. The smallest absolute Gasteiger partial charge is 0.340 e. The maximum atomic E-state index is 11.6. The average Bonchev–Trinajstić information content (AvgIpc) is 2.64. The molecule has 0 spiro atoms. The predicted molar refractivity (Wildman–Crippen MR) is 90.4 cm³/mol. The SMILES string of the molecule is O=C(COC(=O)c1cccnc1)NNC(=O)COc1ccc(Br)cc1. The Balaban J connectivity index is 1.64. The molecule has 130 valence electrons. The van der Waals surface area contributed by atoms with Crippen LogP contribution in [0.3, 0.4) is 0 Å². The maximum absolute atomic E-state index is 11.6. The van der Waals surface area contributed by atoms with Gasteiger partial charge in [0.25, 0.3) is 11.8 Å². The van der Waals surface area contributed by atoms with E-state index in [-0.39, 0.29) is 12.2 Å². The van der Waals surface area contributed by atoms with Crippen molar-refractivity contribution in [3.63, 3.8) is 0 Å². The number of pyridine rings is 1. The Hall–Kier alpha value is -2.94. The van der Waals surface area contributed by atoms with Crippen LogP contribution >= 0.6 is 15.9 Å². The number of nitrogens with zero attached hydrogens (tertiary/aromatic N) is 1. The van der Waals surface area contributed by atoms with Crippen molar-refractivity contribution in [1.29, 1.82) is 0 Å². The standard InChI is InChI=1S/C16H14BrN3O5/c17-12-3-5-13(6-4-12)24-9-14(21)19-20-15(22)10-25-16(23)11-2-1-7-18-8-11/h1-8H,9-10H2,(H,19,21)(H,20,22). The fraction of sp³-hybridized carbons (Fsp3) is 0.125. The first-order valence-corrected chi connectivity index (χ1v) is 7.87. The first-order chi connectivity index (χ1) is 12.0. The van der Waals surface area contributed by atoms with E-state index in [1.54, 1.807) is 30.3 Å². The molecule has 0 aliphatic carbocycles. The topological polar surface area (TPSA) is 107 Å². The van der Waals surface area contributed by atoms with Crippen LogP contribution in [-0.4, -0.2) is 36.0 Å². The van der Waals surface area contributed by atoms with Gasteiger partial charge in [-0.25, -0.2) is 4.79 Å². The second kappa shape index (κ2) is 9.38. The van der Waals surface area contributed by atoms with Crippen LogP contribution in [0.4, 0.5) is 0 Å². The zero-order valence-corrected chi connectivity index (χ0v) is 14.5. The lowest BCUT2D eigenvalue weighted by molar-refractivity contribution is -0.131. The van der Waals surface area contributed by atoms with Crippen LogP contribution < -0.4 is 15.6 Å². The lowest BCUT2D eigenvalue weighted by atomic mass is 10.3. The van der Waals surface area contributed by atoms with Gasteiger partial charge in [0.05, 0.1) is 5.56 Å². The Morgan fingerprint density at radius 3 is 2.32 bits per heavy atom. The summed E-state index contributed by atoms with van der Waals surface area (Å²) in [4.78, 5) is 38.5. The van der Waals surface area contributed by atoms with E-state index < -0.39 is 24.4 Å². The number of aromatic nitrogens is 1. The molecule has 0 aliphatic heterocycles. The molecule has 1 aromatic carbocycles. The fourth-order valence-corrected chi connectivity index (χ4v) is 1.85. The molecule has 8 nitrogen and oxygen atoms in total. The van der Waals surface area contributed by atoms with Gasteiger partial charge in [-0.3, -0.25) is 25.4 Å². The number of amides is 2. The minimum absolute atomic E-state index is 0.224. The van der Waals surface area contributed by atoms with Crippen molar-refractivity contribution in [2.45, 2.75) is 0 Å². The number of carbonyl (C=O) groups is 3. The number of esters is 1. The third-order valence-corrected chi connectivity index (χ3v) is 3.29. The van der Waals surface area contributed by atoms with Crippen molar-refractivity contribution in [2.24, 2.45) is 0 Å². The highest BCUT2D eigenvalue weighted by Crippen LogP contribution is 2.15. The zero-order valence-electron chi connectivity index (χ0n) is 12.9. The molecule has 2 rings (SSSR count). The van der Waals surface area contributed by atoms with E-state index in [4.69, 9.17) is 9.47 Å². The van der Waals surface area contributed by atoms with Gasteiger partial charge in [0, 0.05) is 16.9 Å². The zero-order chi connectivity index (χ0) is 18.1. The van der Waals surface area contributed by atoms with Gasteiger partial charge in [-0.2, -0.15) is 0 Å². The van der Waals surface area contributed by atoms with Crippen LogP contribution in [-0.2, 0) is 14.3 Å². The molecule has 9 heteroatoms. The van der Waals surface area contributed by atoms with Crippen molar-refractivity contribution in [3.8, 4) is 5.75 Å². The van der Waals surface area contributed by atoms with Crippen molar-refractivity contribution < 1.29 is 23.9 Å². The summed E-state index contributed by atoms with van der Waals surface area (Å²) in [7, 11) is 0. The summed E-state index contributed by atoms with van der Waals surface area (Å²) in [6.45, 7) is -0.820. The van der Waals surface area contributed by atoms with Gasteiger partial charge in [0.1, 0.15) is 5.75 Å². The van der Waals surface area contributed by atoms with Gasteiger partial charge in [0.15, 0.2) is 13.2 Å². The summed E-state index contributed by atoms with van der Waals surface area (Å²) >= 11 is 3.28. The molecule has 0 saturated heterocycles. The van der Waals surface area contributed by atoms with Crippen LogP contribution in [0.5, 0.6) is 5.75 Å². The molecule has 25 heavy (non-hydrogen) atoms. The van der Waals surface area contributed by atoms with Gasteiger partial charge in [-0.1, -0.05) is 15.9 Å². The highest BCUT2D eigenvalue weighted by atomic mass is 79.9. The first-order valence-electron chi connectivity index (χ1n) is 7.08. The Morgan fingerprint density at radius 2 is 1.68 bits per heavy atom. The first kappa shape index (κ1) is 18.4. The number of rotatable bonds is 6. The molecule has 2 aromatic rings. The van der Waals surface area contributed by atoms with Crippen LogP contribution in [0.2, 0.25) is 0 Å². The molecule has 0 unspecified atom stereocenters. The van der Waals surface area contributed by atoms with Crippen molar-refractivity contribution in [2.75, 3.05) is 13.2 Å². The minimum atomic E-state index is -0.687. The van der Waals surface area contributed by atoms with Gasteiger partial charge in [-0.05, 0) is 36.4 Å². The molecule has 0 aliphatic rings. The van der Waals surface area contributed by atoms with Crippen LogP contribution in [0.15, 0.2) is 53.3 Å². The molecule has 1 aromatic heterocycles. The minimum Gasteiger partial charge on any atom is -0.484 e. The Kier molecular flexibility index (Phi) is 6.90. The lowest BCUT2D eigenvalue weighted by Gasteiger charge is -2.09. The van der Waals surface area contributed by atoms with E-state index in [9.17, 15) is 14.4 Å². The summed E-state index contributed by atoms with van der Waals surface area (Å²) < 4.78 is 10.9. The van der Waals surface area contributed by atoms with E-state index in [0.29, 0.717) is 5.75 Å². The van der Waals surface area contributed by atoms with Gasteiger partial charge >= 0.3 is 5.97 Å². The quantitative estimate of drug-likeness (QED) is 0.550. The lowest BCUT2D eigenvalue weighted by Crippen LogP contribution is -2.45. The number of benzene rings is 1. The van der Waals surface area contributed by atoms with Gasteiger partial charge in [0.2, 0.25) is 0 Å². The Bertz CT molecular complexity index is 737. The molecule has 2 amide bonds. The summed E-state index contributed by atoms with van der Waals surface area (Å²) in [6, 6.07) is 10.00. The molecule has 0 fully saturated rings. The van der Waals surface area contributed by atoms with Crippen molar-refractivity contribution in [1.82, 2.24) is 15.8 Å². The van der Waals surface area contributed by atoms with Gasteiger partial charge in [-0.15, -0.1) is 0 Å². The number of ether oxygens (including phenoxy) is 2. The monoisotopic (exact) mass is 407 g/mol. The number of hydrogen-bond donors (Lipinski definition) is 2. The molecule has 0 radical (unpaired) electrons. The van der Waals surface area contributed by atoms with E-state index in [1.807, 2.05) is 0 Å².